The lowest BCUT2D eigenvalue weighted by Gasteiger charge is -2.32. The monoisotopic (exact) mass is 284 g/mol. The summed E-state index contributed by atoms with van der Waals surface area (Å²) in [5, 5.41) is 8.73. The summed E-state index contributed by atoms with van der Waals surface area (Å²) in [4.78, 5) is 6.97. The van der Waals surface area contributed by atoms with Gasteiger partial charge in [-0.25, -0.2) is 4.98 Å². The minimum Gasteiger partial charge on any atom is -0.384 e. The van der Waals surface area contributed by atoms with E-state index in [-0.39, 0.29) is 5.84 Å². The molecule has 0 aliphatic carbocycles. The van der Waals surface area contributed by atoms with Crippen LogP contribution >= 0.6 is 0 Å². The lowest BCUT2D eigenvalue weighted by atomic mass is 10.1. The van der Waals surface area contributed by atoms with Crippen LogP contribution in [-0.4, -0.2) is 37.1 Å². The highest BCUT2D eigenvalue weighted by atomic mass is 16.5. The third-order valence-corrected chi connectivity index (χ3v) is 4.09. The van der Waals surface area contributed by atoms with Gasteiger partial charge in [0.1, 0.15) is 11.7 Å². The van der Waals surface area contributed by atoms with Gasteiger partial charge in [0.05, 0.1) is 11.6 Å². The number of methoxy groups -OCH3 is 1. The first kappa shape index (κ1) is 13.8. The van der Waals surface area contributed by atoms with Gasteiger partial charge in [-0.1, -0.05) is 18.2 Å². The summed E-state index contributed by atoms with van der Waals surface area (Å²) in [6, 6.07) is 9.76. The number of ether oxygens (including phenoxy) is 1. The van der Waals surface area contributed by atoms with E-state index in [4.69, 9.17) is 20.9 Å². The van der Waals surface area contributed by atoms with Gasteiger partial charge in [0.15, 0.2) is 0 Å². The molecule has 0 saturated carbocycles. The van der Waals surface area contributed by atoms with Gasteiger partial charge in [0.25, 0.3) is 0 Å². The van der Waals surface area contributed by atoms with E-state index in [9.17, 15) is 0 Å². The molecule has 0 spiro atoms. The minimum atomic E-state index is 0.0848. The summed E-state index contributed by atoms with van der Waals surface area (Å²) in [6.45, 7) is 1.84. The van der Waals surface area contributed by atoms with Crippen LogP contribution < -0.4 is 10.6 Å². The Hall–Kier alpha value is -2.14. The van der Waals surface area contributed by atoms with Crippen molar-refractivity contribution in [2.75, 3.05) is 25.1 Å². The highest BCUT2D eigenvalue weighted by molar-refractivity contribution is 6.07. The van der Waals surface area contributed by atoms with E-state index in [0.717, 1.165) is 48.2 Å². The number of nitrogens with zero attached hydrogens (tertiary/aromatic N) is 2. The maximum Gasteiger partial charge on any atom is 0.129 e. The Labute approximate surface area is 124 Å². The number of piperidine rings is 1. The Kier molecular flexibility index (Phi) is 3.75. The van der Waals surface area contributed by atoms with E-state index in [0.29, 0.717) is 6.10 Å². The molecule has 1 fully saturated rings. The molecule has 1 aromatic heterocycles. The fraction of sp³-hybridized carbons (Fsp3) is 0.375. The van der Waals surface area contributed by atoms with Crippen molar-refractivity contribution in [3.8, 4) is 0 Å². The molecule has 1 aliphatic heterocycles. The smallest absolute Gasteiger partial charge is 0.129 e. The van der Waals surface area contributed by atoms with Crippen molar-refractivity contribution in [3.63, 3.8) is 0 Å². The first-order valence-corrected chi connectivity index (χ1v) is 7.21. The van der Waals surface area contributed by atoms with Crippen molar-refractivity contribution in [3.05, 3.63) is 35.9 Å². The van der Waals surface area contributed by atoms with Crippen LogP contribution in [0.15, 0.2) is 30.3 Å². The van der Waals surface area contributed by atoms with Crippen LogP contribution in [0.3, 0.4) is 0 Å². The standard InChI is InChI=1S/C16H20N4O/c1-21-11-6-8-20(9-7-11)15-10-13(16(17)18)12-4-2-3-5-14(12)19-15/h2-5,10-11H,6-9H2,1H3,(H3,17,18). The largest absolute Gasteiger partial charge is 0.384 e. The number of benzene rings is 1. The molecular formula is C16H20N4O. The Morgan fingerprint density at radius 3 is 2.71 bits per heavy atom. The summed E-state index contributed by atoms with van der Waals surface area (Å²) < 4.78 is 5.41. The molecule has 1 saturated heterocycles. The quantitative estimate of drug-likeness (QED) is 0.669. The molecule has 3 N–H and O–H groups in total. The summed E-state index contributed by atoms with van der Waals surface area (Å²) in [5.41, 5.74) is 7.38. The zero-order valence-electron chi connectivity index (χ0n) is 12.2. The SMILES string of the molecule is COC1CCN(c2cc(C(=N)N)c3ccccc3n2)CC1. The maximum atomic E-state index is 7.80. The topological polar surface area (TPSA) is 75.2 Å². The van der Waals surface area contributed by atoms with Crippen LogP contribution in [0.4, 0.5) is 5.82 Å². The predicted molar refractivity (Wildman–Crippen MR) is 85.0 cm³/mol. The van der Waals surface area contributed by atoms with Crippen molar-refractivity contribution in [2.45, 2.75) is 18.9 Å². The van der Waals surface area contributed by atoms with E-state index in [1.165, 1.54) is 0 Å². The van der Waals surface area contributed by atoms with E-state index < -0.39 is 0 Å². The number of rotatable bonds is 3. The average Bonchev–Trinajstić information content (AvgIpc) is 2.53. The number of nitrogens with one attached hydrogen (secondary N) is 1. The van der Waals surface area contributed by atoms with Crippen LogP contribution in [0.5, 0.6) is 0 Å². The fourth-order valence-corrected chi connectivity index (χ4v) is 2.87. The second-order valence-corrected chi connectivity index (χ2v) is 5.38. The second-order valence-electron chi connectivity index (χ2n) is 5.38. The van der Waals surface area contributed by atoms with E-state index in [1.54, 1.807) is 7.11 Å². The molecule has 0 radical (unpaired) electrons. The van der Waals surface area contributed by atoms with E-state index in [1.807, 2.05) is 30.3 Å². The fourth-order valence-electron chi connectivity index (χ4n) is 2.87. The Morgan fingerprint density at radius 1 is 1.33 bits per heavy atom. The summed E-state index contributed by atoms with van der Waals surface area (Å²) in [5.74, 6) is 0.982. The Morgan fingerprint density at radius 2 is 2.05 bits per heavy atom. The van der Waals surface area contributed by atoms with Crippen molar-refractivity contribution in [2.24, 2.45) is 5.73 Å². The van der Waals surface area contributed by atoms with Gasteiger partial charge < -0.3 is 15.4 Å². The molecule has 2 aromatic rings. The third-order valence-electron chi connectivity index (χ3n) is 4.09. The number of nitrogen functional groups attached to an aromatic ring is 1. The van der Waals surface area contributed by atoms with Gasteiger partial charge in [-0.2, -0.15) is 0 Å². The van der Waals surface area contributed by atoms with E-state index >= 15 is 0 Å². The molecule has 1 aromatic carbocycles. The Bertz CT molecular complexity index is 662. The van der Waals surface area contributed by atoms with Crippen molar-refractivity contribution in [1.82, 2.24) is 4.98 Å². The normalized spacial score (nSPS) is 16.3. The molecule has 1 aliphatic rings. The number of amidine groups is 1. The summed E-state index contributed by atoms with van der Waals surface area (Å²) >= 11 is 0. The zero-order valence-corrected chi connectivity index (χ0v) is 12.2. The molecule has 0 bridgehead atoms. The van der Waals surface area contributed by atoms with Gasteiger partial charge in [-0.15, -0.1) is 0 Å². The van der Waals surface area contributed by atoms with Gasteiger partial charge in [0, 0.05) is 31.1 Å². The molecule has 3 rings (SSSR count). The number of fused-ring (bicyclic) bond motifs is 1. The summed E-state index contributed by atoms with van der Waals surface area (Å²) in [7, 11) is 1.77. The van der Waals surface area contributed by atoms with Crippen LogP contribution in [-0.2, 0) is 4.74 Å². The van der Waals surface area contributed by atoms with E-state index in [2.05, 4.69) is 4.90 Å². The molecule has 0 unspecified atom stereocenters. The second kappa shape index (κ2) is 5.69. The van der Waals surface area contributed by atoms with Gasteiger partial charge in [-0.05, 0) is 25.0 Å². The molecule has 5 nitrogen and oxygen atoms in total. The highest BCUT2D eigenvalue weighted by Gasteiger charge is 2.21. The zero-order chi connectivity index (χ0) is 14.8. The number of pyridine rings is 1. The lowest BCUT2D eigenvalue weighted by Crippen LogP contribution is -2.37. The molecule has 0 atom stereocenters. The predicted octanol–water partition coefficient (Wildman–Crippen LogP) is 2.13. The first-order chi connectivity index (χ1) is 10.2. The van der Waals surface area contributed by atoms with Crippen molar-refractivity contribution in [1.29, 1.82) is 5.41 Å². The average molecular weight is 284 g/mol. The highest BCUT2D eigenvalue weighted by Crippen LogP contribution is 2.25. The van der Waals surface area contributed by atoms with Crippen LogP contribution in [0, 0.1) is 5.41 Å². The molecule has 21 heavy (non-hydrogen) atoms. The number of aromatic nitrogens is 1. The Balaban J connectivity index is 1.98. The molecule has 0 amide bonds. The third kappa shape index (κ3) is 2.69. The van der Waals surface area contributed by atoms with Gasteiger partial charge in [0.2, 0.25) is 0 Å². The van der Waals surface area contributed by atoms with Crippen molar-refractivity contribution >= 4 is 22.6 Å². The molecular weight excluding hydrogens is 264 g/mol. The van der Waals surface area contributed by atoms with Crippen molar-refractivity contribution < 1.29 is 4.74 Å². The lowest BCUT2D eigenvalue weighted by molar-refractivity contribution is 0.0818. The molecule has 5 heteroatoms. The first-order valence-electron chi connectivity index (χ1n) is 7.21. The van der Waals surface area contributed by atoms with Gasteiger partial charge >= 0.3 is 0 Å². The number of hydrogen-bond donors (Lipinski definition) is 2. The maximum absolute atomic E-state index is 7.80. The molecule has 110 valence electrons. The van der Waals surface area contributed by atoms with Crippen LogP contribution in [0.1, 0.15) is 18.4 Å². The number of hydrogen-bond acceptors (Lipinski definition) is 4. The minimum absolute atomic E-state index is 0.0848. The summed E-state index contributed by atoms with van der Waals surface area (Å²) in [6.07, 6.45) is 2.34. The number of para-hydroxylation sites is 1. The number of nitrogens with two attached hydrogens (primary N) is 1. The molecule has 2 heterocycles. The van der Waals surface area contributed by atoms with Gasteiger partial charge in [-0.3, -0.25) is 5.41 Å². The van der Waals surface area contributed by atoms with Crippen LogP contribution in [0.2, 0.25) is 0 Å². The van der Waals surface area contributed by atoms with Crippen LogP contribution in [0.25, 0.3) is 10.9 Å². The number of anilines is 1.